The zero-order chi connectivity index (χ0) is 21.8. The molecule has 0 bridgehead atoms. The fourth-order valence-electron chi connectivity index (χ4n) is 4.02. The number of piperazine rings is 1. The lowest BCUT2D eigenvalue weighted by Crippen LogP contribution is -2.49. The van der Waals surface area contributed by atoms with Crippen LogP contribution in [0.4, 0.5) is 11.4 Å². The third-order valence-electron chi connectivity index (χ3n) is 5.85. The lowest BCUT2D eigenvalue weighted by Gasteiger charge is -2.37. The Morgan fingerprint density at radius 2 is 1.68 bits per heavy atom. The molecule has 9 nitrogen and oxygen atoms in total. The standard InChI is InChI=1S/C22H29N5O4/c1-24-12-14-25(15-13-24)17-6-8-18(9-7-17)27(26-10-4-3-5-11-26)21(28)19-16-31-20(23-19)22(29)30-2/h6-9,16H,3-5,10-15H2,1-2H3. The molecule has 31 heavy (non-hydrogen) atoms. The van der Waals surface area contributed by atoms with Gasteiger partial charge in [0.25, 0.3) is 5.91 Å². The summed E-state index contributed by atoms with van der Waals surface area (Å²) in [7, 11) is 3.38. The zero-order valence-corrected chi connectivity index (χ0v) is 18.1. The van der Waals surface area contributed by atoms with E-state index in [0.29, 0.717) is 0 Å². The van der Waals surface area contributed by atoms with Gasteiger partial charge in [0.05, 0.1) is 12.8 Å². The van der Waals surface area contributed by atoms with Gasteiger partial charge in [-0.2, -0.15) is 4.98 Å². The average molecular weight is 428 g/mol. The number of benzene rings is 1. The molecule has 2 aliphatic rings. The number of piperidine rings is 1. The van der Waals surface area contributed by atoms with Crippen molar-refractivity contribution in [3.05, 3.63) is 42.1 Å². The minimum absolute atomic E-state index is 0.0779. The predicted molar refractivity (Wildman–Crippen MR) is 116 cm³/mol. The molecule has 0 N–H and O–H groups in total. The summed E-state index contributed by atoms with van der Waals surface area (Å²) < 4.78 is 9.79. The van der Waals surface area contributed by atoms with E-state index in [4.69, 9.17) is 4.42 Å². The summed E-state index contributed by atoms with van der Waals surface area (Å²) in [5, 5.41) is 3.70. The van der Waals surface area contributed by atoms with Crippen LogP contribution in [0.5, 0.6) is 0 Å². The highest BCUT2D eigenvalue weighted by atomic mass is 16.5. The Labute approximate surface area is 182 Å². The predicted octanol–water partition coefficient (Wildman–Crippen LogP) is 2.26. The molecule has 2 aliphatic heterocycles. The van der Waals surface area contributed by atoms with Crippen LogP contribution in [0.2, 0.25) is 0 Å². The van der Waals surface area contributed by atoms with Crippen molar-refractivity contribution in [2.75, 3.05) is 63.3 Å². The number of ether oxygens (including phenoxy) is 1. The highest BCUT2D eigenvalue weighted by molar-refractivity contribution is 6.04. The molecule has 0 atom stereocenters. The number of likely N-dealkylation sites (N-methyl/N-ethyl adjacent to an activating group) is 1. The van der Waals surface area contributed by atoms with E-state index >= 15 is 0 Å². The number of hydrazine groups is 1. The van der Waals surface area contributed by atoms with Crippen molar-refractivity contribution in [2.24, 2.45) is 0 Å². The number of esters is 1. The Morgan fingerprint density at radius 1 is 1.00 bits per heavy atom. The summed E-state index contributed by atoms with van der Waals surface area (Å²) in [6, 6.07) is 8.07. The number of anilines is 2. The number of carbonyl (C=O) groups excluding carboxylic acids is 2. The molecule has 3 heterocycles. The Morgan fingerprint density at radius 3 is 2.32 bits per heavy atom. The van der Waals surface area contributed by atoms with E-state index in [0.717, 1.165) is 69.9 Å². The zero-order valence-electron chi connectivity index (χ0n) is 18.1. The molecular formula is C22H29N5O4. The number of oxazole rings is 1. The Balaban J connectivity index is 1.58. The van der Waals surface area contributed by atoms with Gasteiger partial charge in [0.15, 0.2) is 5.69 Å². The maximum atomic E-state index is 13.4. The Kier molecular flexibility index (Phi) is 6.53. The molecule has 2 aromatic rings. The first-order chi connectivity index (χ1) is 15.1. The van der Waals surface area contributed by atoms with Crippen LogP contribution in [0.1, 0.15) is 40.4 Å². The number of hydrogen-bond donors (Lipinski definition) is 0. The molecule has 0 spiro atoms. The first kappa shape index (κ1) is 21.3. The molecule has 1 aromatic heterocycles. The van der Waals surface area contributed by atoms with Crippen LogP contribution in [0, 0.1) is 0 Å². The van der Waals surface area contributed by atoms with Crippen molar-refractivity contribution in [3.8, 4) is 0 Å². The molecule has 4 rings (SSSR count). The molecule has 0 unspecified atom stereocenters. The Bertz CT molecular complexity index is 899. The van der Waals surface area contributed by atoms with Crippen LogP contribution < -0.4 is 9.91 Å². The highest BCUT2D eigenvalue weighted by Crippen LogP contribution is 2.26. The number of nitrogens with zero attached hydrogens (tertiary/aromatic N) is 5. The van der Waals surface area contributed by atoms with Gasteiger partial charge >= 0.3 is 11.9 Å². The van der Waals surface area contributed by atoms with Gasteiger partial charge in [-0.05, 0) is 44.2 Å². The number of amides is 1. The maximum absolute atomic E-state index is 13.4. The van der Waals surface area contributed by atoms with E-state index in [1.54, 1.807) is 5.01 Å². The van der Waals surface area contributed by atoms with Crippen molar-refractivity contribution in [1.82, 2.24) is 14.9 Å². The minimum atomic E-state index is -0.708. The molecule has 0 aliphatic carbocycles. The summed E-state index contributed by atoms with van der Waals surface area (Å²) in [5.41, 5.74) is 2.00. The monoisotopic (exact) mass is 427 g/mol. The first-order valence-corrected chi connectivity index (χ1v) is 10.7. The quantitative estimate of drug-likeness (QED) is 0.672. The largest absolute Gasteiger partial charge is 0.462 e. The average Bonchev–Trinajstić information content (AvgIpc) is 3.31. The minimum Gasteiger partial charge on any atom is -0.462 e. The smallest absolute Gasteiger partial charge is 0.394 e. The molecule has 1 aromatic carbocycles. The van der Waals surface area contributed by atoms with E-state index in [1.165, 1.54) is 13.4 Å². The van der Waals surface area contributed by atoms with Crippen LogP contribution >= 0.6 is 0 Å². The molecule has 0 saturated carbocycles. The summed E-state index contributed by atoms with van der Waals surface area (Å²) in [6.07, 6.45) is 4.41. The molecule has 0 radical (unpaired) electrons. The summed E-state index contributed by atoms with van der Waals surface area (Å²) >= 11 is 0. The van der Waals surface area contributed by atoms with Gasteiger partial charge in [0, 0.05) is 45.0 Å². The Hall–Kier alpha value is -2.91. The summed E-state index contributed by atoms with van der Waals surface area (Å²) in [4.78, 5) is 33.8. The van der Waals surface area contributed by atoms with Crippen LogP contribution in [-0.4, -0.2) is 80.2 Å². The SMILES string of the molecule is COC(=O)c1nc(C(=O)N(c2ccc(N3CCN(C)CC3)cc2)N2CCCCC2)co1. The summed E-state index contributed by atoms with van der Waals surface area (Å²) in [6.45, 7) is 5.62. The number of rotatable bonds is 5. The molecular weight excluding hydrogens is 398 g/mol. The van der Waals surface area contributed by atoms with Gasteiger partial charge in [-0.15, -0.1) is 0 Å². The number of carbonyl (C=O) groups is 2. The molecule has 2 saturated heterocycles. The van der Waals surface area contributed by atoms with E-state index in [1.807, 2.05) is 17.1 Å². The molecule has 1 amide bonds. The lowest BCUT2D eigenvalue weighted by atomic mass is 10.1. The highest BCUT2D eigenvalue weighted by Gasteiger charge is 2.29. The topological polar surface area (TPSA) is 82.4 Å². The maximum Gasteiger partial charge on any atom is 0.394 e. The number of methoxy groups -OCH3 is 1. The fraction of sp³-hybridized carbons (Fsp3) is 0.500. The van der Waals surface area contributed by atoms with Crippen LogP contribution in [0.15, 0.2) is 34.9 Å². The first-order valence-electron chi connectivity index (χ1n) is 10.7. The van der Waals surface area contributed by atoms with E-state index < -0.39 is 5.97 Å². The van der Waals surface area contributed by atoms with Gasteiger partial charge in [-0.25, -0.2) is 14.8 Å². The van der Waals surface area contributed by atoms with Crippen molar-refractivity contribution < 1.29 is 18.7 Å². The van der Waals surface area contributed by atoms with E-state index in [9.17, 15) is 9.59 Å². The van der Waals surface area contributed by atoms with Crippen molar-refractivity contribution in [2.45, 2.75) is 19.3 Å². The molecule has 9 heteroatoms. The van der Waals surface area contributed by atoms with Crippen LogP contribution in [0.25, 0.3) is 0 Å². The fourth-order valence-corrected chi connectivity index (χ4v) is 4.02. The second-order valence-electron chi connectivity index (χ2n) is 7.97. The molecule has 166 valence electrons. The van der Waals surface area contributed by atoms with E-state index in [2.05, 4.69) is 38.7 Å². The van der Waals surface area contributed by atoms with Crippen LogP contribution in [0.3, 0.4) is 0 Å². The van der Waals surface area contributed by atoms with Gasteiger partial charge in [0.1, 0.15) is 6.26 Å². The van der Waals surface area contributed by atoms with Gasteiger partial charge in [-0.1, -0.05) is 6.42 Å². The lowest BCUT2D eigenvalue weighted by molar-refractivity contribution is 0.0556. The second kappa shape index (κ2) is 9.49. The van der Waals surface area contributed by atoms with Crippen LogP contribution in [-0.2, 0) is 4.74 Å². The van der Waals surface area contributed by atoms with Gasteiger partial charge < -0.3 is 19.0 Å². The number of hydrogen-bond acceptors (Lipinski definition) is 8. The van der Waals surface area contributed by atoms with Gasteiger partial charge in [-0.3, -0.25) is 4.79 Å². The molecule has 2 fully saturated rings. The van der Waals surface area contributed by atoms with Crippen molar-refractivity contribution in [3.63, 3.8) is 0 Å². The van der Waals surface area contributed by atoms with Gasteiger partial charge in [0.2, 0.25) is 0 Å². The third kappa shape index (κ3) is 4.72. The third-order valence-corrected chi connectivity index (χ3v) is 5.85. The van der Waals surface area contributed by atoms with E-state index in [-0.39, 0.29) is 17.5 Å². The normalized spacial score (nSPS) is 18.1. The van der Waals surface area contributed by atoms with Crippen molar-refractivity contribution in [1.29, 1.82) is 0 Å². The van der Waals surface area contributed by atoms with Crippen molar-refractivity contribution >= 4 is 23.3 Å². The summed E-state index contributed by atoms with van der Waals surface area (Å²) in [5.74, 6) is -1.26. The number of aromatic nitrogens is 1. The second-order valence-corrected chi connectivity index (χ2v) is 7.97.